The average molecular weight is 324 g/mol. The normalized spacial score (nSPS) is 22.4. The van der Waals surface area contributed by atoms with E-state index in [1.807, 2.05) is 19.1 Å². The number of carbonyl (C=O) groups is 1. The molecule has 1 saturated carbocycles. The summed E-state index contributed by atoms with van der Waals surface area (Å²) in [6.07, 6.45) is 2.67. The van der Waals surface area contributed by atoms with Crippen LogP contribution in [-0.2, 0) is 4.74 Å². The summed E-state index contributed by atoms with van der Waals surface area (Å²) >= 11 is 6.05. The van der Waals surface area contributed by atoms with Crippen LogP contribution >= 0.6 is 11.6 Å². The molecule has 2 aliphatic rings. The van der Waals surface area contributed by atoms with E-state index in [-0.39, 0.29) is 12.1 Å². The largest absolute Gasteiger partial charge is 0.374 e. The third-order valence-electron chi connectivity index (χ3n) is 4.15. The van der Waals surface area contributed by atoms with Crippen LogP contribution in [0.3, 0.4) is 0 Å². The summed E-state index contributed by atoms with van der Waals surface area (Å²) in [5.41, 5.74) is 1.68. The third-order valence-corrected chi connectivity index (χ3v) is 4.56. The molecule has 22 heavy (non-hydrogen) atoms. The van der Waals surface area contributed by atoms with Gasteiger partial charge in [-0.25, -0.2) is 4.79 Å². The van der Waals surface area contributed by atoms with Crippen molar-refractivity contribution in [1.82, 2.24) is 10.2 Å². The van der Waals surface area contributed by atoms with Gasteiger partial charge in [-0.2, -0.15) is 0 Å². The molecule has 1 aliphatic heterocycles. The summed E-state index contributed by atoms with van der Waals surface area (Å²) in [6.45, 7) is 5.11. The van der Waals surface area contributed by atoms with Crippen molar-refractivity contribution in [3.05, 3.63) is 28.8 Å². The van der Waals surface area contributed by atoms with Crippen LogP contribution in [0, 0.1) is 6.92 Å². The molecule has 1 aromatic carbocycles. The summed E-state index contributed by atoms with van der Waals surface area (Å²) in [4.78, 5) is 14.4. The molecular weight excluding hydrogens is 302 g/mol. The molecule has 6 heteroatoms. The predicted molar refractivity (Wildman–Crippen MR) is 87.5 cm³/mol. The Balaban J connectivity index is 1.44. The molecule has 1 heterocycles. The summed E-state index contributed by atoms with van der Waals surface area (Å²) in [5.74, 6) is 0. The minimum Gasteiger partial charge on any atom is -0.374 e. The van der Waals surface area contributed by atoms with Crippen molar-refractivity contribution in [3.63, 3.8) is 0 Å². The van der Waals surface area contributed by atoms with Gasteiger partial charge in [0, 0.05) is 36.4 Å². The van der Waals surface area contributed by atoms with Gasteiger partial charge in [-0.15, -0.1) is 0 Å². The van der Waals surface area contributed by atoms with Crippen molar-refractivity contribution < 1.29 is 9.53 Å². The molecule has 2 amide bonds. The number of nitrogens with zero attached hydrogens (tertiary/aromatic N) is 1. The number of urea groups is 1. The van der Waals surface area contributed by atoms with Crippen LogP contribution in [0.1, 0.15) is 18.4 Å². The van der Waals surface area contributed by atoms with E-state index in [9.17, 15) is 4.79 Å². The van der Waals surface area contributed by atoms with Gasteiger partial charge in [-0.1, -0.05) is 17.7 Å². The minimum absolute atomic E-state index is 0.0710. The number of anilines is 1. The number of ether oxygens (including phenoxy) is 1. The van der Waals surface area contributed by atoms with Crippen LogP contribution in [0.15, 0.2) is 18.2 Å². The van der Waals surface area contributed by atoms with Crippen molar-refractivity contribution in [2.75, 3.05) is 31.6 Å². The predicted octanol–water partition coefficient (Wildman–Crippen LogP) is 2.63. The van der Waals surface area contributed by atoms with Crippen LogP contribution in [0.4, 0.5) is 10.5 Å². The van der Waals surface area contributed by atoms with E-state index in [0.29, 0.717) is 17.3 Å². The van der Waals surface area contributed by atoms with Gasteiger partial charge < -0.3 is 15.4 Å². The Bertz CT molecular complexity index is 548. The number of hydrogen-bond donors (Lipinski definition) is 2. The van der Waals surface area contributed by atoms with Gasteiger partial charge in [-0.05, 0) is 37.5 Å². The molecule has 1 saturated heterocycles. The highest BCUT2D eigenvalue weighted by atomic mass is 35.5. The molecule has 2 N–H and O–H groups in total. The van der Waals surface area contributed by atoms with Crippen molar-refractivity contribution in [3.8, 4) is 0 Å². The lowest BCUT2D eigenvalue weighted by molar-refractivity contribution is -0.0286. The van der Waals surface area contributed by atoms with Gasteiger partial charge in [0.2, 0.25) is 0 Å². The topological polar surface area (TPSA) is 53.6 Å². The summed E-state index contributed by atoms with van der Waals surface area (Å²) in [6, 6.07) is 5.99. The molecular formula is C16H22ClN3O2. The second-order valence-electron chi connectivity index (χ2n) is 6.02. The van der Waals surface area contributed by atoms with Gasteiger partial charge in [0.1, 0.15) is 0 Å². The maximum Gasteiger partial charge on any atom is 0.319 e. The summed E-state index contributed by atoms with van der Waals surface area (Å²) < 4.78 is 5.72. The Morgan fingerprint density at radius 1 is 1.45 bits per heavy atom. The standard InChI is InChI=1S/C16H22ClN3O2/c1-11-2-3-12(8-15(11)17)19-16(21)18-9-14-10-20(6-7-22-14)13-4-5-13/h2-3,8,13-14H,4-7,9-10H2,1H3,(H2,18,19,21)/t14-/m0/s1. The zero-order chi connectivity index (χ0) is 15.5. The Kier molecular flexibility index (Phi) is 4.86. The van der Waals surface area contributed by atoms with Gasteiger partial charge in [0.05, 0.1) is 12.7 Å². The molecule has 1 aromatic rings. The maximum atomic E-state index is 11.9. The SMILES string of the molecule is Cc1ccc(NC(=O)NC[C@H]2CN(C3CC3)CCO2)cc1Cl. The van der Waals surface area contributed by atoms with Crippen molar-refractivity contribution in [2.45, 2.75) is 31.9 Å². The van der Waals surface area contributed by atoms with E-state index in [0.717, 1.165) is 31.3 Å². The number of aryl methyl sites for hydroxylation is 1. The van der Waals surface area contributed by atoms with E-state index < -0.39 is 0 Å². The number of morpholine rings is 1. The second-order valence-corrected chi connectivity index (χ2v) is 6.43. The van der Waals surface area contributed by atoms with Crippen LogP contribution < -0.4 is 10.6 Å². The Labute approximate surface area is 136 Å². The average Bonchev–Trinajstić information content (AvgIpc) is 3.34. The maximum absolute atomic E-state index is 11.9. The lowest BCUT2D eigenvalue weighted by Crippen LogP contribution is -2.48. The van der Waals surface area contributed by atoms with E-state index in [1.165, 1.54) is 12.8 Å². The van der Waals surface area contributed by atoms with Crippen LogP contribution in [0.5, 0.6) is 0 Å². The zero-order valence-corrected chi connectivity index (χ0v) is 13.5. The van der Waals surface area contributed by atoms with Crippen molar-refractivity contribution in [2.24, 2.45) is 0 Å². The molecule has 5 nitrogen and oxygen atoms in total. The first-order chi connectivity index (χ1) is 10.6. The van der Waals surface area contributed by atoms with Crippen molar-refractivity contribution in [1.29, 1.82) is 0 Å². The van der Waals surface area contributed by atoms with Crippen LogP contribution in [-0.4, -0.2) is 49.3 Å². The first-order valence-corrected chi connectivity index (χ1v) is 8.16. The number of nitrogens with one attached hydrogen (secondary N) is 2. The second kappa shape index (κ2) is 6.86. The fourth-order valence-corrected chi connectivity index (χ4v) is 2.87. The van der Waals surface area contributed by atoms with Crippen LogP contribution in [0.2, 0.25) is 5.02 Å². The van der Waals surface area contributed by atoms with Gasteiger partial charge in [0.25, 0.3) is 0 Å². The lowest BCUT2D eigenvalue weighted by atomic mass is 10.2. The van der Waals surface area contributed by atoms with E-state index in [4.69, 9.17) is 16.3 Å². The van der Waals surface area contributed by atoms with E-state index in [1.54, 1.807) is 6.07 Å². The number of hydrogen-bond acceptors (Lipinski definition) is 3. The Morgan fingerprint density at radius 2 is 2.27 bits per heavy atom. The first kappa shape index (κ1) is 15.6. The molecule has 3 rings (SSSR count). The molecule has 120 valence electrons. The van der Waals surface area contributed by atoms with Crippen molar-refractivity contribution >= 4 is 23.3 Å². The highest BCUT2D eigenvalue weighted by Crippen LogP contribution is 2.28. The first-order valence-electron chi connectivity index (χ1n) is 7.78. The van der Waals surface area contributed by atoms with Gasteiger partial charge in [0.15, 0.2) is 0 Å². The molecule has 0 radical (unpaired) electrons. The number of halogens is 1. The third kappa shape index (κ3) is 4.12. The fourth-order valence-electron chi connectivity index (χ4n) is 2.69. The fraction of sp³-hybridized carbons (Fsp3) is 0.562. The van der Waals surface area contributed by atoms with Gasteiger partial charge in [-0.3, -0.25) is 4.90 Å². The molecule has 0 bridgehead atoms. The highest BCUT2D eigenvalue weighted by molar-refractivity contribution is 6.31. The molecule has 1 atom stereocenters. The number of amides is 2. The number of benzene rings is 1. The smallest absolute Gasteiger partial charge is 0.319 e. The lowest BCUT2D eigenvalue weighted by Gasteiger charge is -2.33. The van der Waals surface area contributed by atoms with E-state index in [2.05, 4.69) is 15.5 Å². The zero-order valence-electron chi connectivity index (χ0n) is 12.8. The molecule has 0 unspecified atom stereocenters. The van der Waals surface area contributed by atoms with E-state index >= 15 is 0 Å². The van der Waals surface area contributed by atoms with Crippen LogP contribution in [0.25, 0.3) is 0 Å². The minimum atomic E-state index is -0.230. The number of carbonyl (C=O) groups excluding carboxylic acids is 1. The summed E-state index contributed by atoms with van der Waals surface area (Å²) in [7, 11) is 0. The molecule has 0 aromatic heterocycles. The number of rotatable bonds is 4. The van der Waals surface area contributed by atoms with Gasteiger partial charge >= 0.3 is 6.03 Å². The Morgan fingerprint density at radius 3 is 3.00 bits per heavy atom. The quantitative estimate of drug-likeness (QED) is 0.895. The monoisotopic (exact) mass is 323 g/mol. The molecule has 1 aliphatic carbocycles. The molecule has 2 fully saturated rings. The summed E-state index contributed by atoms with van der Waals surface area (Å²) in [5, 5.41) is 6.31. The molecule has 0 spiro atoms. The Hall–Kier alpha value is -1.30. The highest BCUT2D eigenvalue weighted by Gasteiger charge is 2.32.